The molecule has 7 heteroatoms. The summed E-state index contributed by atoms with van der Waals surface area (Å²) in [4.78, 5) is 15.6. The van der Waals surface area contributed by atoms with E-state index < -0.39 is 5.97 Å². The van der Waals surface area contributed by atoms with Crippen LogP contribution in [0.5, 0.6) is 0 Å². The zero-order chi connectivity index (χ0) is 13.1. The fourth-order valence-electron chi connectivity index (χ4n) is 1.37. The van der Waals surface area contributed by atoms with Crippen LogP contribution < -0.4 is 5.73 Å². The number of hydrogen-bond acceptors (Lipinski definition) is 5. The Kier molecular flexibility index (Phi) is 3.47. The van der Waals surface area contributed by atoms with Gasteiger partial charge >= 0.3 is 5.97 Å². The molecule has 2 heterocycles. The summed E-state index contributed by atoms with van der Waals surface area (Å²) in [6.45, 7) is 2.00. The van der Waals surface area contributed by atoms with Gasteiger partial charge in [-0.15, -0.1) is 5.10 Å². The summed E-state index contributed by atoms with van der Waals surface area (Å²) in [6, 6.07) is 3.34. The van der Waals surface area contributed by atoms with Gasteiger partial charge in [-0.2, -0.15) is 0 Å². The van der Waals surface area contributed by atoms with E-state index >= 15 is 0 Å². The molecule has 0 aliphatic rings. The number of nitrogens with two attached hydrogens (primary N) is 1. The van der Waals surface area contributed by atoms with E-state index in [0.717, 1.165) is 0 Å². The summed E-state index contributed by atoms with van der Waals surface area (Å²) < 4.78 is 6.26. The van der Waals surface area contributed by atoms with Gasteiger partial charge in [0.15, 0.2) is 11.6 Å². The highest BCUT2D eigenvalue weighted by Gasteiger charge is 2.16. The van der Waals surface area contributed by atoms with Crippen molar-refractivity contribution in [2.45, 2.75) is 6.92 Å². The molecule has 94 valence electrons. The van der Waals surface area contributed by atoms with Gasteiger partial charge in [-0.25, -0.2) is 14.5 Å². The Bertz CT molecular complexity index is 565. The fraction of sp³-hybridized carbons (Fsp3) is 0.182. The molecule has 0 aromatic carbocycles. The molecule has 0 fully saturated rings. The van der Waals surface area contributed by atoms with Crippen LogP contribution in [-0.4, -0.2) is 27.3 Å². The molecule has 2 aromatic heterocycles. The van der Waals surface area contributed by atoms with Crippen LogP contribution in [0.1, 0.15) is 17.3 Å². The summed E-state index contributed by atoms with van der Waals surface area (Å²) in [6.07, 6.45) is 2.96. The fourth-order valence-corrected chi connectivity index (χ4v) is 1.49. The maximum Gasteiger partial charge on any atom is 0.343 e. The van der Waals surface area contributed by atoms with Crippen molar-refractivity contribution in [3.05, 3.63) is 35.1 Å². The predicted molar refractivity (Wildman–Crippen MR) is 66.7 cm³/mol. The molecule has 6 nitrogen and oxygen atoms in total. The van der Waals surface area contributed by atoms with Crippen molar-refractivity contribution in [3.8, 4) is 5.82 Å². The van der Waals surface area contributed by atoms with Crippen molar-refractivity contribution in [1.29, 1.82) is 0 Å². The van der Waals surface area contributed by atoms with E-state index in [1.165, 1.54) is 17.1 Å². The number of pyridine rings is 1. The highest BCUT2D eigenvalue weighted by molar-refractivity contribution is 6.30. The SMILES string of the molecule is CCOC(=O)c1cn(-c2ccc(Cl)cn2)nc1N. The standard InChI is InChI=1S/C11H11ClN4O2/c1-2-18-11(17)8-6-16(15-10(8)13)9-4-3-7(12)5-14-9/h3-6H,2H2,1H3,(H2,13,15). The molecule has 0 aliphatic heterocycles. The van der Waals surface area contributed by atoms with E-state index in [2.05, 4.69) is 10.1 Å². The number of nitrogen functional groups attached to an aromatic ring is 1. The summed E-state index contributed by atoms with van der Waals surface area (Å²) in [5, 5.41) is 4.52. The highest BCUT2D eigenvalue weighted by Crippen LogP contribution is 2.15. The molecule has 2 N–H and O–H groups in total. The second kappa shape index (κ2) is 5.05. The van der Waals surface area contributed by atoms with Crippen LogP contribution in [-0.2, 0) is 4.74 Å². The third kappa shape index (κ3) is 2.43. The first-order valence-corrected chi connectivity index (χ1v) is 5.63. The van der Waals surface area contributed by atoms with Crippen LogP contribution in [0.3, 0.4) is 0 Å². The van der Waals surface area contributed by atoms with Gasteiger partial charge in [0.25, 0.3) is 0 Å². The molecule has 0 spiro atoms. The highest BCUT2D eigenvalue weighted by atomic mass is 35.5. The molecule has 0 saturated carbocycles. The Morgan fingerprint density at radius 1 is 1.56 bits per heavy atom. The monoisotopic (exact) mass is 266 g/mol. The van der Waals surface area contributed by atoms with Gasteiger partial charge in [0.05, 0.1) is 11.6 Å². The lowest BCUT2D eigenvalue weighted by Gasteiger charge is -1.99. The van der Waals surface area contributed by atoms with Gasteiger partial charge in [-0.3, -0.25) is 0 Å². The number of aromatic nitrogens is 3. The van der Waals surface area contributed by atoms with Crippen LogP contribution in [0.15, 0.2) is 24.5 Å². The molecule has 0 atom stereocenters. The number of nitrogens with zero attached hydrogens (tertiary/aromatic N) is 3. The molecule has 0 radical (unpaired) electrons. The quantitative estimate of drug-likeness (QED) is 0.855. The topological polar surface area (TPSA) is 83.0 Å². The van der Waals surface area contributed by atoms with Crippen molar-refractivity contribution in [2.24, 2.45) is 0 Å². The average Bonchev–Trinajstić information content (AvgIpc) is 2.72. The zero-order valence-electron chi connectivity index (χ0n) is 9.63. The van der Waals surface area contributed by atoms with Crippen LogP contribution in [0.4, 0.5) is 5.82 Å². The molecule has 0 bridgehead atoms. The summed E-state index contributed by atoms with van der Waals surface area (Å²) in [5.74, 6) is 0.113. The first-order chi connectivity index (χ1) is 8.61. The summed E-state index contributed by atoms with van der Waals surface area (Å²) in [5.41, 5.74) is 5.87. The zero-order valence-corrected chi connectivity index (χ0v) is 10.4. The smallest absolute Gasteiger partial charge is 0.343 e. The first kappa shape index (κ1) is 12.4. The molecule has 0 saturated heterocycles. The number of carbonyl (C=O) groups excluding carboxylic acids is 1. The maximum atomic E-state index is 11.6. The van der Waals surface area contributed by atoms with Crippen LogP contribution in [0.25, 0.3) is 5.82 Å². The summed E-state index contributed by atoms with van der Waals surface area (Å²) >= 11 is 5.74. The van der Waals surface area contributed by atoms with Crippen LogP contribution in [0, 0.1) is 0 Å². The van der Waals surface area contributed by atoms with E-state index in [0.29, 0.717) is 10.8 Å². The lowest BCUT2D eigenvalue weighted by molar-refractivity contribution is 0.0527. The van der Waals surface area contributed by atoms with Crippen molar-refractivity contribution in [1.82, 2.24) is 14.8 Å². The number of hydrogen-bond donors (Lipinski definition) is 1. The van der Waals surface area contributed by atoms with Crippen LogP contribution in [0.2, 0.25) is 5.02 Å². The van der Waals surface area contributed by atoms with Crippen molar-refractivity contribution in [2.75, 3.05) is 12.3 Å². The molecule has 2 aromatic rings. The van der Waals surface area contributed by atoms with Gasteiger partial charge in [-0.05, 0) is 19.1 Å². The van der Waals surface area contributed by atoms with Crippen molar-refractivity contribution < 1.29 is 9.53 Å². The predicted octanol–water partition coefficient (Wildman–Crippen LogP) is 1.68. The number of esters is 1. The molecular weight excluding hydrogens is 256 g/mol. The van der Waals surface area contributed by atoms with Crippen LogP contribution >= 0.6 is 11.6 Å². The Hall–Kier alpha value is -2.08. The Labute approximate surface area is 108 Å². The number of anilines is 1. The van der Waals surface area contributed by atoms with Gasteiger partial charge < -0.3 is 10.5 Å². The van der Waals surface area contributed by atoms with Gasteiger partial charge in [0.2, 0.25) is 0 Å². The van der Waals surface area contributed by atoms with E-state index in [1.54, 1.807) is 19.1 Å². The third-order valence-electron chi connectivity index (χ3n) is 2.18. The molecule has 2 rings (SSSR count). The lowest BCUT2D eigenvalue weighted by atomic mass is 10.3. The van der Waals surface area contributed by atoms with E-state index in [9.17, 15) is 4.79 Å². The molecule has 0 aliphatic carbocycles. The second-order valence-corrected chi connectivity index (χ2v) is 3.86. The van der Waals surface area contributed by atoms with E-state index in [-0.39, 0.29) is 18.0 Å². The van der Waals surface area contributed by atoms with Gasteiger partial charge in [0.1, 0.15) is 5.56 Å². The number of rotatable bonds is 3. The average molecular weight is 267 g/mol. The minimum Gasteiger partial charge on any atom is -0.462 e. The van der Waals surface area contributed by atoms with Gasteiger partial charge in [0, 0.05) is 12.4 Å². The minimum absolute atomic E-state index is 0.102. The lowest BCUT2D eigenvalue weighted by Crippen LogP contribution is -2.06. The Morgan fingerprint density at radius 2 is 2.33 bits per heavy atom. The Balaban J connectivity index is 2.34. The van der Waals surface area contributed by atoms with Crippen molar-refractivity contribution in [3.63, 3.8) is 0 Å². The van der Waals surface area contributed by atoms with E-state index in [1.807, 2.05) is 0 Å². The molecular formula is C11H11ClN4O2. The molecule has 0 amide bonds. The second-order valence-electron chi connectivity index (χ2n) is 3.43. The molecule has 0 unspecified atom stereocenters. The first-order valence-electron chi connectivity index (χ1n) is 5.26. The normalized spacial score (nSPS) is 10.3. The van der Waals surface area contributed by atoms with Gasteiger partial charge in [-0.1, -0.05) is 11.6 Å². The summed E-state index contributed by atoms with van der Waals surface area (Å²) in [7, 11) is 0. The maximum absolute atomic E-state index is 11.6. The number of carbonyl (C=O) groups is 1. The third-order valence-corrected chi connectivity index (χ3v) is 2.41. The number of halogens is 1. The minimum atomic E-state index is -0.504. The van der Waals surface area contributed by atoms with Crippen molar-refractivity contribution >= 4 is 23.4 Å². The largest absolute Gasteiger partial charge is 0.462 e. The Morgan fingerprint density at radius 3 is 2.94 bits per heavy atom. The molecule has 18 heavy (non-hydrogen) atoms. The van der Waals surface area contributed by atoms with E-state index in [4.69, 9.17) is 22.1 Å². The number of ether oxygens (including phenoxy) is 1.